The Labute approximate surface area is 186 Å². The van der Waals surface area contributed by atoms with Gasteiger partial charge < -0.3 is 14.9 Å². The predicted molar refractivity (Wildman–Crippen MR) is 109 cm³/mol. The Kier molecular flexibility index (Phi) is 6.52. The first-order valence-corrected chi connectivity index (χ1v) is 12.0. The summed E-state index contributed by atoms with van der Waals surface area (Å²) >= 11 is 6.17. The molecule has 1 saturated heterocycles. The fourth-order valence-corrected chi connectivity index (χ4v) is 6.24. The molecule has 0 spiro atoms. The average molecular weight is 465 g/mol. The zero-order valence-electron chi connectivity index (χ0n) is 17.7. The average Bonchev–Trinajstić information content (AvgIpc) is 3.50. The zero-order chi connectivity index (χ0) is 22.4. The lowest BCUT2D eigenvalue weighted by molar-refractivity contribution is -0.187. The van der Waals surface area contributed by atoms with Gasteiger partial charge in [0.05, 0.1) is 5.92 Å². The van der Waals surface area contributed by atoms with Gasteiger partial charge in [-0.25, -0.2) is 0 Å². The fourth-order valence-electron chi connectivity index (χ4n) is 5.80. The predicted octanol–water partition coefficient (Wildman–Crippen LogP) is 3.57. The van der Waals surface area contributed by atoms with E-state index >= 15 is 0 Å². The third kappa shape index (κ3) is 5.15. The quantitative estimate of drug-likeness (QED) is 0.649. The van der Waals surface area contributed by atoms with E-state index in [-0.39, 0.29) is 42.4 Å². The molecule has 3 atom stereocenters. The summed E-state index contributed by atoms with van der Waals surface area (Å²) in [4.78, 5) is 28.7. The van der Waals surface area contributed by atoms with Gasteiger partial charge in [-0.2, -0.15) is 13.2 Å². The number of carbonyl (C=O) groups is 2. The second-order valence-corrected chi connectivity index (χ2v) is 10.7. The van der Waals surface area contributed by atoms with Crippen molar-refractivity contribution in [3.8, 4) is 0 Å². The van der Waals surface area contributed by atoms with E-state index in [0.717, 1.165) is 12.8 Å². The van der Waals surface area contributed by atoms with Crippen LogP contribution in [0, 0.1) is 23.7 Å². The highest BCUT2D eigenvalue weighted by molar-refractivity contribution is 6.20. The van der Waals surface area contributed by atoms with Gasteiger partial charge in [0.1, 0.15) is 5.60 Å². The molecule has 0 radical (unpaired) electrons. The first-order valence-electron chi connectivity index (χ1n) is 11.6. The summed E-state index contributed by atoms with van der Waals surface area (Å²) in [5.74, 6) is -1.31. The molecule has 176 valence electrons. The number of rotatable bonds is 3. The van der Waals surface area contributed by atoms with Crippen LogP contribution in [0.1, 0.15) is 57.8 Å². The molecule has 5 nitrogen and oxygen atoms in total. The van der Waals surface area contributed by atoms with E-state index in [2.05, 4.69) is 0 Å². The third-order valence-corrected chi connectivity index (χ3v) is 8.29. The van der Waals surface area contributed by atoms with Gasteiger partial charge in [-0.15, -0.1) is 11.6 Å². The number of piperazine rings is 1. The van der Waals surface area contributed by atoms with Gasteiger partial charge in [-0.1, -0.05) is 0 Å². The van der Waals surface area contributed by atoms with E-state index in [1.807, 2.05) is 0 Å². The van der Waals surface area contributed by atoms with E-state index in [4.69, 9.17) is 11.6 Å². The molecule has 0 aromatic rings. The first-order chi connectivity index (χ1) is 14.6. The Bertz CT molecular complexity index is 684. The SMILES string of the molecule is O=C(C1CCC(C2CC(Cl)CC(C(F)(F)F)C2)CC1)N1CCN(C(=O)C2(O)CC2)CC1. The van der Waals surface area contributed by atoms with Crippen molar-refractivity contribution in [2.24, 2.45) is 23.7 Å². The van der Waals surface area contributed by atoms with E-state index in [0.29, 0.717) is 58.3 Å². The molecule has 3 aliphatic carbocycles. The van der Waals surface area contributed by atoms with Gasteiger partial charge in [-0.05, 0) is 69.6 Å². The molecule has 2 amide bonds. The highest BCUT2D eigenvalue weighted by Gasteiger charge is 2.51. The van der Waals surface area contributed by atoms with Crippen LogP contribution in [0.4, 0.5) is 13.2 Å². The molecule has 1 N–H and O–H groups in total. The van der Waals surface area contributed by atoms with E-state index in [9.17, 15) is 27.9 Å². The van der Waals surface area contributed by atoms with Crippen molar-refractivity contribution in [1.29, 1.82) is 0 Å². The molecule has 9 heteroatoms. The van der Waals surface area contributed by atoms with Crippen LogP contribution in [0.25, 0.3) is 0 Å². The summed E-state index contributed by atoms with van der Waals surface area (Å²) in [6.07, 6.45) is 0.649. The molecule has 31 heavy (non-hydrogen) atoms. The van der Waals surface area contributed by atoms with Crippen LogP contribution in [0.15, 0.2) is 0 Å². The maximum atomic E-state index is 13.2. The van der Waals surface area contributed by atoms with E-state index in [1.165, 1.54) is 0 Å². The molecule has 4 rings (SSSR count). The van der Waals surface area contributed by atoms with Crippen LogP contribution in [-0.4, -0.2) is 70.1 Å². The van der Waals surface area contributed by atoms with Crippen molar-refractivity contribution >= 4 is 23.4 Å². The van der Waals surface area contributed by atoms with Gasteiger partial charge in [0.15, 0.2) is 0 Å². The number of nitrogens with zero attached hydrogens (tertiary/aromatic N) is 2. The van der Waals surface area contributed by atoms with Gasteiger partial charge in [0.25, 0.3) is 5.91 Å². The van der Waals surface area contributed by atoms with Crippen molar-refractivity contribution in [2.45, 2.75) is 74.9 Å². The Balaban J connectivity index is 1.24. The lowest BCUT2D eigenvalue weighted by Crippen LogP contribution is -2.54. The molecule has 3 unspecified atom stereocenters. The molecule has 0 aromatic heterocycles. The highest BCUT2D eigenvalue weighted by Crippen LogP contribution is 2.47. The standard InChI is InChI=1S/C22H32ClF3N2O3/c23-18-12-16(11-17(13-18)22(24,25)26)14-1-3-15(4-2-14)19(29)27-7-9-28(10-8-27)20(30)21(31)5-6-21/h14-18,31H,1-13H2. The fraction of sp³-hybridized carbons (Fsp3) is 0.909. The number of hydrogen-bond donors (Lipinski definition) is 1. The summed E-state index contributed by atoms with van der Waals surface area (Å²) in [7, 11) is 0. The summed E-state index contributed by atoms with van der Waals surface area (Å²) in [5.41, 5.74) is -1.17. The van der Waals surface area contributed by atoms with Crippen molar-refractivity contribution in [3.05, 3.63) is 0 Å². The van der Waals surface area contributed by atoms with Crippen molar-refractivity contribution in [1.82, 2.24) is 9.80 Å². The summed E-state index contributed by atoms with van der Waals surface area (Å²) in [6.45, 7) is 1.84. The molecular weight excluding hydrogens is 433 g/mol. The maximum absolute atomic E-state index is 13.2. The van der Waals surface area contributed by atoms with Crippen molar-refractivity contribution in [3.63, 3.8) is 0 Å². The highest BCUT2D eigenvalue weighted by atomic mass is 35.5. The van der Waals surface area contributed by atoms with Gasteiger partial charge >= 0.3 is 6.18 Å². The molecule has 1 aliphatic heterocycles. The summed E-state index contributed by atoms with van der Waals surface area (Å²) in [5, 5.41) is 9.58. The number of halogens is 4. The van der Waals surface area contributed by atoms with Gasteiger partial charge in [-0.3, -0.25) is 9.59 Å². The molecule has 1 heterocycles. The Morgan fingerprint density at radius 3 is 2.00 bits per heavy atom. The van der Waals surface area contributed by atoms with Crippen LogP contribution >= 0.6 is 11.6 Å². The lowest BCUT2D eigenvalue weighted by Gasteiger charge is -2.41. The number of aliphatic hydroxyl groups is 1. The lowest BCUT2D eigenvalue weighted by atomic mass is 9.68. The Hall–Kier alpha value is -1.02. The second kappa shape index (κ2) is 8.73. The largest absolute Gasteiger partial charge is 0.391 e. The second-order valence-electron chi connectivity index (χ2n) is 10.1. The Morgan fingerprint density at radius 1 is 0.871 bits per heavy atom. The minimum atomic E-state index is -4.18. The third-order valence-electron chi connectivity index (χ3n) is 7.94. The first kappa shape index (κ1) is 23.1. The smallest absolute Gasteiger partial charge is 0.380 e. The molecule has 4 aliphatic rings. The maximum Gasteiger partial charge on any atom is 0.391 e. The summed E-state index contributed by atoms with van der Waals surface area (Å²) < 4.78 is 39.7. The number of hydrogen-bond acceptors (Lipinski definition) is 3. The molecule has 3 saturated carbocycles. The zero-order valence-corrected chi connectivity index (χ0v) is 18.5. The van der Waals surface area contributed by atoms with E-state index in [1.54, 1.807) is 9.80 Å². The van der Waals surface area contributed by atoms with Crippen LogP contribution in [0.2, 0.25) is 0 Å². The van der Waals surface area contributed by atoms with Crippen LogP contribution in [0.3, 0.4) is 0 Å². The monoisotopic (exact) mass is 464 g/mol. The van der Waals surface area contributed by atoms with Crippen molar-refractivity contribution in [2.75, 3.05) is 26.2 Å². The van der Waals surface area contributed by atoms with Crippen LogP contribution in [-0.2, 0) is 9.59 Å². The van der Waals surface area contributed by atoms with Crippen LogP contribution in [0.5, 0.6) is 0 Å². The molecule has 4 fully saturated rings. The topological polar surface area (TPSA) is 60.9 Å². The molecule has 0 bridgehead atoms. The molecule has 0 aromatic carbocycles. The minimum absolute atomic E-state index is 0.0123. The Morgan fingerprint density at radius 2 is 1.45 bits per heavy atom. The van der Waals surface area contributed by atoms with Crippen LogP contribution < -0.4 is 0 Å². The molecular formula is C22H32ClF3N2O3. The normalized spacial score (nSPS) is 36.2. The number of alkyl halides is 4. The van der Waals surface area contributed by atoms with Gasteiger partial charge in [0.2, 0.25) is 5.91 Å². The number of carbonyl (C=O) groups excluding carboxylic acids is 2. The van der Waals surface area contributed by atoms with E-state index < -0.39 is 23.1 Å². The minimum Gasteiger partial charge on any atom is -0.380 e. The summed E-state index contributed by atoms with van der Waals surface area (Å²) in [6, 6.07) is 0. The van der Waals surface area contributed by atoms with Crippen molar-refractivity contribution < 1.29 is 27.9 Å². The van der Waals surface area contributed by atoms with Gasteiger partial charge in [0, 0.05) is 37.5 Å². The number of amides is 2.